The van der Waals surface area contributed by atoms with Crippen LogP contribution in [0.15, 0.2) is 48.5 Å². The van der Waals surface area contributed by atoms with E-state index >= 15 is 0 Å². The summed E-state index contributed by atoms with van der Waals surface area (Å²) in [6, 6.07) is 10.1. The summed E-state index contributed by atoms with van der Waals surface area (Å²) in [5.74, 6) is -1.02. The summed E-state index contributed by atoms with van der Waals surface area (Å²) in [4.78, 5) is 16.4. The third-order valence-electron chi connectivity index (χ3n) is 3.62. The number of benzene rings is 2. The lowest BCUT2D eigenvalue weighted by Gasteiger charge is -2.09. The Morgan fingerprint density at radius 3 is 2.20 bits per heavy atom. The molecule has 12 heteroatoms. The third-order valence-corrected chi connectivity index (χ3v) is 3.62. The molecular formula is C18H13F5N4O3. The average molecular weight is 428 g/mol. The van der Waals surface area contributed by atoms with Gasteiger partial charge in [0.05, 0.1) is 5.69 Å². The van der Waals surface area contributed by atoms with Gasteiger partial charge in [0.1, 0.15) is 17.3 Å². The quantitative estimate of drug-likeness (QED) is 0.592. The highest BCUT2D eigenvalue weighted by Crippen LogP contribution is 2.24. The van der Waals surface area contributed by atoms with Gasteiger partial charge in [-0.15, -0.1) is 18.3 Å². The minimum atomic E-state index is -4.82. The molecule has 1 N–H and O–H groups in total. The Bertz CT molecular complexity index is 1020. The van der Waals surface area contributed by atoms with Crippen LogP contribution in [0.25, 0.3) is 5.69 Å². The van der Waals surface area contributed by atoms with E-state index in [9.17, 15) is 26.7 Å². The van der Waals surface area contributed by atoms with Gasteiger partial charge < -0.3 is 14.8 Å². The second kappa shape index (κ2) is 8.35. The molecule has 0 aliphatic rings. The van der Waals surface area contributed by atoms with Crippen LogP contribution in [0, 0.1) is 6.92 Å². The van der Waals surface area contributed by atoms with Gasteiger partial charge in [0, 0.05) is 5.69 Å². The van der Waals surface area contributed by atoms with Crippen molar-refractivity contribution in [3.8, 4) is 17.2 Å². The van der Waals surface area contributed by atoms with Gasteiger partial charge in [-0.3, -0.25) is 4.79 Å². The number of nitrogens with one attached hydrogen (secondary N) is 1. The van der Waals surface area contributed by atoms with Gasteiger partial charge in [-0.1, -0.05) is 0 Å². The molecule has 3 aromatic rings. The number of carbonyl (C=O) groups excluding carboxylic acids is 1. The number of hydrogen-bond acceptors (Lipinski definition) is 5. The molecule has 0 unspecified atom stereocenters. The lowest BCUT2D eigenvalue weighted by atomic mass is 10.3. The van der Waals surface area contributed by atoms with Crippen LogP contribution in [-0.2, 0) is 0 Å². The molecule has 0 saturated heterocycles. The summed E-state index contributed by atoms with van der Waals surface area (Å²) in [6.07, 6.45) is -4.82. The van der Waals surface area contributed by atoms with Gasteiger partial charge >= 0.3 is 13.0 Å². The molecule has 0 aliphatic carbocycles. The molecule has 0 atom stereocenters. The molecule has 1 heterocycles. The minimum Gasteiger partial charge on any atom is -0.435 e. The molecule has 0 spiro atoms. The summed E-state index contributed by atoms with van der Waals surface area (Å²) in [6.45, 7) is -1.37. The number of alkyl halides is 5. The fraction of sp³-hybridized carbons (Fsp3) is 0.167. The number of hydrogen-bond donors (Lipinski definition) is 1. The highest BCUT2D eigenvalue weighted by atomic mass is 19.4. The van der Waals surface area contributed by atoms with E-state index in [2.05, 4.69) is 24.9 Å². The molecule has 158 valence electrons. The highest BCUT2D eigenvalue weighted by molar-refractivity contribution is 6.01. The number of halogens is 5. The van der Waals surface area contributed by atoms with Crippen molar-refractivity contribution in [1.29, 1.82) is 0 Å². The first kappa shape index (κ1) is 21.0. The zero-order chi connectivity index (χ0) is 21.9. The van der Waals surface area contributed by atoms with Crippen LogP contribution in [-0.4, -0.2) is 33.6 Å². The second-order valence-electron chi connectivity index (χ2n) is 5.79. The van der Waals surface area contributed by atoms with E-state index < -0.39 is 24.6 Å². The van der Waals surface area contributed by atoms with Crippen molar-refractivity contribution >= 4 is 11.6 Å². The van der Waals surface area contributed by atoms with Crippen LogP contribution in [0.1, 0.15) is 16.4 Å². The smallest absolute Gasteiger partial charge is 0.435 e. The van der Waals surface area contributed by atoms with Crippen molar-refractivity contribution in [2.24, 2.45) is 0 Å². The normalized spacial score (nSPS) is 11.4. The zero-order valence-electron chi connectivity index (χ0n) is 15.2. The summed E-state index contributed by atoms with van der Waals surface area (Å²) >= 11 is 0. The Kier molecular flexibility index (Phi) is 5.85. The number of anilines is 1. The lowest BCUT2D eigenvalue weighted by Crippen LogP contribution is -2.17. The Morgan fingerprint density at radius 1 is 1.03 bits per heavy atom. The van der Waals surface area contributed by atoms with Crippen LogP contribution in [0.3, 0.4) is 0 Å². The largest absolute Gasteiger partial charge is 0.573 e. The minimum absolute atomic E-state index is 0.0394. The standard InChI is InChI=1S/C18H13F5N4O3/c1-10-24-15(26-27(10)12-4-8-13(9-5-12)29-17(19)20)16(28)25-11-2-6-14(7-3-11)30-18(21,22)23/h2-9,17H,1H3,(H,25,28). The van der Waals surface area contributed by atoms with E-state index in [0.29, 0.717) is 11.5 Å². The first-order valence-electron chi connectivity index (χ1n) is 8.27. The van der Waals surface area contributed by atoms with Crippen LogP contribution in [0.4, 0.5) is 27.6 Å². The number of rotatable bonds is 6. The molecule has 30 heavy (non-hydrogen) atoms. The van der Waals surface area contributed by atoms with Crippen LogP contribution in [0.5, 0.6) is 11.5 Å². The fourth-order valence-corrected chi connectivity index (χ4v) is 2.43. The average Bonchev–Trinajstić information content (AvgIpc) is 3.04. The van der Waals surface area contributed by atoms with E-state index in [1.165, 1.54) is 41.1 Å². The van der Waals surface area contributed by atoms with Crippen molar-refractivity contribution in [2.75, 3.05) is 5.32 Å². The first-order valence-corrected chi connectivity index (χ1v) is 8.27. The molecule has 0 bridgehead atoms. The molecule has 1 amide bonds. The summed E-state index contributed by atoms with van der Waals surface area (Å²) < 4.78 is 70.3. The number of carbonyl (C=O) groups is 1. The molecular weight excluding hydrogens is 415 g/mol. The van der Waals surface area contributed by atoms with E-state index in [4.69, 9.17) is 0 Å². The molecule has 7 nitrogen and oxygen atoms in total. The fourth-order valence-electron chi connectivity index (χ4n) is 2.43. The van der Waals surface area contributed by atoms with Crippen LogP contribution >= 0.6 is 0 Å². The van der Waals surface area contributed by atoms with Crippen molar-refractivity contribution in [3.05, 3.63) is 60.2 Å². The first-order chi connectivity index (χ1) is 14.1. The third kappa shape index (κ3) is 5.43. The maximum atomic E-state index is 12.3. The SMILES string of the molecule is Cc1nc(C(=O)Nc2ccc(OC(F)(F)F)cc2)nn1-c1ccc(OC(F)F)cc1. The van der Waals surface area contributed by atoms with Crippen molar-refractivity contribution in [3.63, 3.8) is 0 Å². The topological polar surface area (TPSA) is 78.3 Å². The van der Waals surface area contributed by atoms with Crippen molar-refractivity contribution < 1.29 is 36.2 Å². The van der Waals surface area contributed by atoms with E-state index in [0.717, 1.165) is 12.1 Å². The van der Waals surface area contributed by atoms with Crippen molar-refractivity contribution in [2.45, 2.75) is 19.9 Å². The van der Waals surface area contributed by atoms with Gasteiger partial charge in [-0.05, 0) is 55.5 Å². The van der Waals surface area contributed by atoms with E-state index in [1.54, 1.807) is 6.92 Å². The van der Waals surface area contributed by atoms with Crippen LogP contribution in [0.2, 0.25) is 0 Å². The summed E-state index contributed by atoms with van der Waals surface area (Å²) in [5, 5.41) is 6.52. The molecule has 0 aliphatic heterocycles. The highest BCUT2D eigenvalue weighted by Gasteiger charge is 2.31. The predicted octanol–water partition coefficient (Wildman–Crippen LogP) is 4.33. The number of amides is 1. The second-order valence-corrected chi connectivity index (χ2v) is 5.79. The van der Waals surface area contributed by atoms with Gasteiger partial charge in [0.15, 0.2) is 0 Å². The number of ether oxygens (including phenoxy) is 2. The van der Waals surface area contributed by atoms with Gasteiger partial charge in [-0.2, -0.15) is 8.78 Å². The predicted molar refractivity (Wildman–Crippen MR) is 93.8 cm³/mol. The molecule has 0 saturated carbocycles. The van der Waals surface area contributed by atoms with Gasteiger partial charge in [0.25, 0.3) is 5.91 Å². The molecule has 0 radical (unpaired) electrons. The van der Waals surface area contributed by atoms with E-state index in [1.807, 2.05) is 0 Å². The molecule has 3 rings (SSSR count). The monoisotopic (exact) mass is 428 g/mol. The number of aryl methyl sites for hydroxylation is 1. The molecule has 0 fully saturated rings. The Labute approximate surface area is 166 Å². The Hall–Kier alpha value is -3.70. The van der Waals surface area contributed by atoms with Crippen molar-refractivity contribution in [1.82, 2.24) is 14.8 Å². The summed E-state index contributed by atoms with van der Waals surface area (Å²) in [7, 11) is 0. The lowest BCUT2D eigenvalue weighted by molar-refractivity contribution is -0.274. The zero-order valence-corrected chi connectivity index (χ0v) is 15.2. The van der Waals surface area contributed by atoms with Gasteiger partial charge in [-0.25, -0.2) is 9.67 Å². The molecule has 1 aromatic heterocycles. The van der Waals surface area contributed by atoms with Gasteiger partial charge in [0.2, 0.25) is 5.82 Å². The number of aromatic nitrogens is 3. The van der Waals surface area contributed by atoms with Crippen LogP contribution < -0.4 is 14.8 Å². The molecule has 2 aromatic carbocycles. The summed E-state index contributed by atoms with van der Waals surface area (Å²) in [5.41, 5.74) is 0.659. The van der Waals surface area contributed by atoms with E-state index in [-0.39, 0.29) is 17.3 Å². The number of nitrogens with zero attached hydrogens (tertiary/aromatic N) is 3. The maximum absolute atomic E-state index is 12.3. The Morgan fingerprint density at radius 2 is 1.63 bits per heavy atom. The Balaban J connectivity index is 1.70. The maximum Gasteiger partial charge on any atom is 0.573 e.